The molecular weight excluding hydrogens is 196 g/mol. The third-order valence-electron chi connectivity index (χ3n) is 2.45. The maximum atomic E-state index is 11.6. The molecule has 0 saturated heterocycles. The third-order valence-corrected chi connectivity index (χ3v) is 2.45. The lowest BCUT2D eigenvalue weighted by atomic mass is 10.4. The average Bonchev–Trinajstić information content (AvgIpc) is 2.96. The molecule has 1 aromatic rings. The van der Waals surface area contributed by atoms with Crippen LogP contribution in [0.3, 0.4) is 0 Å². The summed E-state index contributed by atoms with van der Waals surface area (Å²) < 4.78 is 4.57. The Morgan fingerprint density at radius 1 is 1.73 bits per heavy atom. The summed E-state index contributed by atoms with van der Waals surface area (Å²) in [6, 6.07) is 0.462. The van der Waals surface area contributed by atoms with Crippen molar-refractivity contribution in [2.24, 2.45) is 0 Å². The minimum Gasteiger partial charge on any atom is -0.343 e. The molecule has 1 saturated carbocycles. The summed E-state index contributed by atoms with van der Waals surface area (Å²) in [7, 11) is 1.84. The van der Waals surface area contributed by atoms with Gasteiger partial charge in [0.25, 0.3) is 0 Å². The van der Waals surface area contributed by atoms with Gasteiger partial charge in [-0.15, -0.1) is 0 Å². The second-order valence-corrected chi connectivity index (χ2v) is 3.69. The van der Waals surface area contributed by atoms with Gasteiger partial charge in [0, 0.05) is 13.1 Å². The fraction of sp³-hybridized carbons (Fsp3) is 0.667. The van der Waals surface area contributed by atoms with Crippen LogP contribution in [-0.2, 0) is 11.3 Å². The highest BCUT2D eigenvalue weighted by Crippen LogP contribution is 2.24. The number of carbonyl (C=O) groups is 1. The predicted octanol–water partition coefficient (Wildman–Crippen LogP) is -0.220. The Morgan fingerprint density at radius 3 is 3.13 bits per heavy atom. The molecule has 1 aromatic heterocycles. The van der Waals surface area contributed by atoms with Crippen molar-refractivity contribution >= 4 is 5.91 Å². The van der Waals surface area contributed by atoms with E-state index in [1.165, 1.54) is 6.39 Å². The monoisotopic (exact) mass is 210 g/mol. The highest BCUT2D eigenvalue weighted by molar-refractivity contribution is 5.78. The van der Waals surface area contributed by atoms with Crippen LogP contribution in [0.4, 0.5) is 0 Å². The zero-order valence-corrected chi connectivity index (χ0v) is 8.64. The van der Waals surface area contributed by atoms with E-state index in [0.29, 0.717) is 25.0 Å². The summed E-state index contributed by atoms with van der Waals surface area (Å²) in [6.45, 7) is 0.780. The van der Waals surface area contributed by atoms with E-state index in [2.05, 4.69) is 20.0 Å². The van der Waals surface area contributed by atoms with Gasteiger partial charge < -0.3 is 14.7 Å². The molecule has 0 aliphatic heterocycles. The van der Waals surface area contributed by atoms with Gasteiger partial charge in [0.15, 0.2) is 5.82 Å². The zero-order chi connectivity index (χ0) is 10.7. The average molecular weight is 210 g/mol. The maximum Gasteiger partial charge on any atom is 0.236 e. The standard InChI is InChI=1S/C9H14N4O2/c1-13(7-2-3-7)9(14)5-10-4-8-11-6-15-12-8/h6-7,10H,2-5H2,1H3. The Hall–Kier alpha value is -1.43. The first-order valence-corrected chi connectivity index (χ1v) is 4.99. The zero-order valence-electron chi connectivity index (χ0n) is 8.64. The van der Waals surface area contributed by atoms with Gasteiger partial charge in [0.1, 0.15) is 0 Å². The van der Waals surface area contributed by atoms with E-state index < -0.39 is 0 Å². The minimum absolute atomic E-state index is 0.112. The normalized spacial score (nSPS) is 15.3. The lowest BCUT2D eigenvalue weighted by Crippen LogP contribution is -2.36. The van der Waals surface area contributed by atoms with Gasteiger partial charge in [-0.25, -0.2) is 0 Å². The van der Waals surface area contributed by atoms with Crippen molar-refractivity contribution in [3.05, 3.63) is 12.2 Å². The molecule has 1 aliphatic rings. The van der Waals surface area contributed by atoms with E-state index in [1.807, 2.05) is 7.05 Å². The summed E-state index contributed by atoms with van der Waals surface area (Å²) in [4.78, 5) is 17.2. The molecule has 0 spiro atoms. The first-order valence-electron chi connectivity index (χ1n) is 4.99. The van der Waals surface area contributed by atoms with E-state index >= 15 is 0 Å². The predicted molar refractivity (Wildman–Crippen MR) is 51.8 cm³/mol. The van der Waals surface area contributed by atoms with Crippen LogP contribution >= 0.6 is 0 Å². The number of nitrogens with one attached hydrogen (secondary N) is 1. The molecule has 1 aliphatic carbocycles. The van der Waals surface area contributed by atoms with E-state index in [1.54, 1.807) is 4.90 Å². The molecular formula is C9H14N4O2. The SMILES string of the molecule is CN(C(=O)CNCc1ncon1)C1CC1. The summed E-state index contributed by atoms with van der Waals surface area (Å²) in [5.41, 5.74) is 0. The molecule has 0 radical (unpaired) electrons. The van der Waals surface area contributed by atoms with Crippen molar-refractivity contribution < 1.29 is 9.32 Å². The smallest absolute Gasteiger partial charge is 0.236 e. The summed E-state index contributed by atoms with van der Waals surface area (Å²) in [5, 5.41) is 6.61. The Labute approximate surface area is 87.6 Å². The topological polar surface area (TPSA) is 71.3 Å². The number of carbonyl (C=O) groups excluding carboxylic acids is 1. The van der Waals surface area contributed by atoms with E-state index in [9.17, 15) is 4.79 Å². The van der Waals surface area contributed by atoms with Gasteiger partial charge in [-0.2, -0.15) is 4.98 Å². The number of nitrogens with zero attached hydrogens (tertiary/aromatic N) is 3. The Kier molecular flexibility index (Phi) is 2.96. The highest BCUT2D eigenvalue weighted by Gasteiger charge is 2.28. The van der Waals surface area contributed by atoms with Crippen LogP contribution in [-0.4, -0.2) is 40.6 Å². The van der Waals surface area contributed by atoms with Crippen LogP contribution in [0.1, 0.15) is 18.7 Å². The van der Waals surface area contributed by atoms with Gasteiger partial charge in [0.05, 0.1) is 13.1 Å². The molecule has 6 heteroatoms. The Balaban J connectivity index is 1.67. The summed E-state index contributed by atoms with van der Waals surface area (Å²) in [5.74, 6) is 0.679. The van der Waals surface area contributed by atoms with Crippen molar-refractivity contribution in [1.82, 2.24) is 20.4 Å². The molecule has 1 N–H and O–H groups in total. The van der Waals surface area contributed by atoms with Crippen molar-refractivity contribution in [1.29, 1.82) is 0 Å². The molecule has 1 fully saturated rings. The number of likely N-dealkylation sites (N-methyl/N-ethyl adjacent to an activating group) is 1. The molecule has 0 atom stereocenters. The van der Waals surface area contributed by atoms with E-state index in [4.69, 9.17) is 0 Å². The summed E-state index contributed by atoms with van der Waals surface area (Å²) in [6.07, 6.45) is 3.54. The lowest BCUT2D eigenvalue weighted by Gasteiger charge is -2.15. The first-order chi connectivity index (χ1) is 7.27. The van der Waals surface area contributed by atoms with Crippen molar-refractivity contribution in [3.63, 3.8) is 0 Å². The van der Waals surface area contributed by atoms with Gasteiger partial charge in [-0.05, 0) is 12.8 Å². The number of amides is 1. The van der Waals surface area contributed by atoms with E-state index in [-0.39, 0.29) is 5.91 Å². The van der Waals surface area contributed by atoms with Crippen LogP contribution < -0.4 is 5.32 Å². The second-order valence-electron chi connectivity index (χ2n) is 3.69. The minimum atomic E-state index is 0.112. The fourth-order valence-electron chi connectivity index (χ4n) is 1.34. The third kappa shape index (κ3) is 2.76. The summed E-state index contributed by atoms with van der Waals surface area (Å²) >= 11 is 0. The Morgan fingerprint density at radius 2 is 2.53 bits per heavy atom. The van der Waals surface area contributed by atoms with Crippen LogP contribution in [0.2, 0.25) is 0 Å². The molecule has 1 amide bonds. The fourth-order valence-corrected chi connectivity index (χ4v) is 1.34. The molecule has 0 aromatic carbocycles. The van der Waals surface area contributed by atoms with Crippen molar-refractivity contribution in [2.75, 3.05) is 13.6 Å². The molecule has 1 heterocycles. The maximum absolute atomic E-state index is 11.6. The highest BCUT2D eigenvalue weighted by atomic mass is 16.5. The largest absolute Gasteiger partial charge is 0.343 e. The van der Waals surface area contributed by atoms with Gasteiger partial charge in [-0.1, -0.05) is 5.16 Å². The second kappa shape index (κ2) is 4.39. The van der Waals surface area contributed by atoms with E-state index in [0.717, 1.165) is 12.8 Å². The first kappa shape index (κ1) is 10.1. The van der Waals surface area contributed by atoms with Crippen LogP contribution in [0.25, 0.3) is 0 Å². The number of rotatable bonds is 5. The Bertz CT molecular complexity index is 321. The number of aromatic nitrogens is 2. The molecule has 15 heavy (non-hydrogen) atoms. The molecule has 0 unspecified atom stereocenters. The van der Waals surface area contributed by atoms with Crippen molar-refractivity contribution in [2.45, 2.75) is 25.4 Å². The lowest BCUT2D eigenvalue weighted by molar-refractivity contribution is -0.129. The molecule has 2 rings (SSSR count). The quantitative estimate of drug-likeness (QED) is 0.727. The van der Waals surface area contributed by atoms with Crippen LogP contribution in [0.15, 0.2) is 10.9 Å². The van der Waals surface area contributed by atoms with Gasteiger partial charge in [0.2, 0.25) is 12.3 Å². The molecule has 0 bridgehead atoms. The number of hydrogen-bond donors (Lipinski definition) is 1. The van der Waals surface area contributed by atoms with Crippen LogP contribution in [0.5, 0.6) is 0 Å². The van der Waals surface area contributed by atoms with Crippen LogP contribution in [0, 0.1) is 0 Å². The molecule has 6 nitrogen and oxygen atoms in total. The van der Waals surface area contributed by atoms with Gasteiger partial charge >= 0.3 is 0 Å². The molecule has 82 valence electrons. The van der Waals surface area contributed by atoms with Gasteiger partial charge in [-0.3, -0.25) is 4.79 Å². The number of hydrogen-bond acceptors (Lipinski definition) is 5. The van der Waals surface area contributed by atoms with Crippen molar-refractivity contribution in [3.8, 4) is 0 Å².